The van der Waals surface area contributed by atoms with Gasteiger partial charge < -0.3 is 9.47 Å². The van der Waals surface area contributed by atoms with Crippen molar-refractivity contribution in [3.63, 3.8) is 0 Å². The van der Waals surface area contributed by atoms with Gasteiger partial charge in [-0.25, -0.2) is 0 Å². The summed E-state index contributed by atoms with van der Waals surface area (Å²) in [4.78, 5) is 0.339. The standard InChI is InChI=1S/C14H21BrO2/c1-10(2)5-8-13(15)12-7-6-11(16-3)9-14(12)17-4/h6-7,9-10,13H,5,8H2,1-4H3. The molecule has 0 amide bonds. The maximum absolute atomic E-state index is 5.41. The number of hydrogen-bond acceptors (Lipinski definition) is 2. The fraction of sp³-hybridized carbons (Fsp3) is 0.571. The van der Waals surface area contributed by atoms with Gasteiger partial charge in [0.1, 0.15) is 11.5 Å². The molecule has 17 heavy (non-hydrogen) atoms. The molecule has 0 heterocycles. The Morgan fingerprint density at radius 2 is 1.82 bits per heavy atom. The number of rotatable bonds is 6. The van der Waals surface area contributed by atoms with E-state index in [1.54, 1.807) is 14.2 Å². The molecule has 1 aromatic rings. The maximum atomic E-state index is 5.41. The Morgan fingerprint density at radius 1 is 1.12 bits per heavy atom. The molecule has 0 saturated carbocycles. The van der Waals surface area contributed by atoms with Gasteiger partial charge in [0.25, 0.3) is 0 Å². The minimum absolute atomic E-state index is 0.339. The molecule has 0 N–H and O–H groups in total. The smallest absolute Gasteiger partial charge is 0.126 e. The second-order valence-corrected chi connectivity index (χ2v) is 5.65. The molecule has 0 bridgehead atoms. The predicted molar refractivity (Wildman–Crippen MR) is 75.3 cm³/mol. The van der Waals surface area contributed by atoms with Crippen molar-refractivity contribution >= 4 is 15.9 Å². The highest BCUT2D eigenvalue weighted by molar-refractivity contribution is 9.09. The summed E-state index contributed by atoms with van der Waals surface area (Å²) >= 11 is 3.73. The molecule has 0 aliphatic heterocycles. The average Bonchev–Trinajstić information content (AvgIpc) is 2.34. The van der Waals surface area contributed by atoms with Gasteiger partial charge in [-0.05, 0) is 24.8 Å². The van der Waals surface area contributed by atoms with E-state index >= 15 is 0 Å². The van der Waals surface area contributed by atoms with E-state index in [1.807, 2.05) is 12.1 Å². The highest BCUT2D eigenvalue weighted by Crippen LogP contribution is 2.37. The molecule has 0 aliphatic rings. The molecular weight excluding hydrogens is 280 g/mol. The molecule has 0 aliphatic carbocycles. The largest absolute Gasteiger partial charge is 0.497 e. The minimum Gasteiger partial charge on any atom is -0.497 e. The Labute approximate surface area is 112 Å². The van der Waals surface area contributed by atoms with Crippen LogP contribution in [0.1, 0.15) is 37.1 Å². The van der Waals surface area contributed by atoms with E-state index in [2.05, 4.69) is 35.8 Å². The second kappa shape index (κ2) is 6.90. The van der Waals surface area contributed by atoms with Crippen LogP contribution in [0, 0.1) is 5.92 Å². The summed E-state index contributed by atoms with van der Waals surface area (Å²) < 4.78 is 10.6. The summed E-state index contributed by atoms with van der Waals surface area (Å²) in [6, 6.07) is 5.97. The first-order chi connectivity index (χ1) is 8.08. The number of alkyl halides is 1. The average molecular weight is 301 g/mol. The van der Waals surface area contributed by atoms with Crippen LogP contribution in [0.5, 0.6) is 11.5 Å². The Balaban J connectivity index is 2.81. The SMILES string of the molecule is COc1ccc(C(Br)CCC(C)C)c(OC)c1. The van der Waals surface area contributed by atoms with E-state index in [1.165, 1.54) is 12.0 Å². The van der Waals surface area contributed by atoms with Crippen LogP contribution >= 0.6 is 15.9 Å². The van der Waals surface area contributed by atoms with Crippen molar-refractivity contribution in [1.29, 1.82) is 0 Å². The Bertz CT molecular complexity index is 350. The van der Waals surface area contributed by atoms with Crippen molar-refractivity contribution in [3.8, 4) is 11.5 Å². The second-order valence-electron chi connectivity index (χ2n) is 4.55. The summed E-state index contributed by atoms with van der Waals surface area (Å²) in [7, 11) is 3.36. The van der Waals surface area contributed by atoms with E-state index in [-0.39, 0.29) is 0 Å². The first-order valence-electron chi connectivity index (χ1n) is 5.94. The first kappa shape index (κ1) is 14.4. The van der Waals surface area contributed by atoms with Crippen LogP contribution in [0.2, 0.25) is 0 Å². The van der Waals surface area contributed by atoms with Gasteiger partial charge in [0.05, 0.1) is 14.2 Å². The van der Waals surface area contributed by atoms with Gasteiger partial charge in [-0.1, -0.05) is 35.8 Å². The third-order valence-corrected chi connectivity index (χ3v) is 3.73. The molecule has 3 heteroatoms. The van der Waals surface area contributed by atoms with Crippen molar-refractivity contribution in [2.75, 3.05) is 14.2 Å². The lowest BCUT2D eigenvalue weighted by Crippen LogP contribution is -1.98. The highest BCUT2D eigenvalue weighted by Gasteiger charge is 2.14. The summed E-state index contributed by atoms with van der Waals surface area (Å²) in [6.45, 7) is 4.48. The summed E-state index contributed by atoms with van der Waals surface area (Å²) in [6.07, 6.45) is 2.31. The van der Waals surface area contributed by atoms with Crippen LogP contribution < -0.4 is 9.47 Å². The fourth-order valence-corrected chi connectivity index (χ4v) is 2.35. The van der Waals surface area contributed by atoms with E-state index < -0.39 is 0 Å². The Hall–Kier alpha value is -0.700. The van der Waals surface area contributed by atoms with Crippen LogP contribution in [0.25, 0.3) is 0 Å². The molecule has 0 saturated heterocycles. The topological polar surface area (TPSA) is 18.5 Å². The van der Waals surface area contributed by atoms with Crippen molar-refractivity contribution in [1.82, 2.24) is 0 Å². The summed E-state index contributed by atoms with van der Waals surface area (Å²) in [5.41, 5.74) is 1.19. The zero-order valence-corrected chi connectivity index (χ0v) is 12.6. The summed E-state index contributed by atoms with van der Waals surface area (Å²) in [5.74, 6) is 2.43. The predicted octanol–water partition coefficient (Wildman–Crippen LogP) is 4.58. The highest BCUT2D eigenvalue weighted by atomic mass is 79.9. The monoisotopic (exact) mass is 300 g/mol. The van der Waals surface area contributed by atoms with Crippen molar-refractivity contribution in [2.45, 2.75) is 31.5 Å². The lowest BCUT2D eigenvalue weighted by Gasteiger charge is -2.16. The number of hydrogen-bond donors (Lipinski definition) is 0. The van der Waals surface area contributed by atoms with Gasteiger partial charge in [-0.2, -0.15) is 0 Å². The van der Waals surface area contributed by atoms with Crippen LogP contribution in [-0.4, -0.2) is 14.2 Å². The maximum Gasteiger partial charge on any atom is 0.126 e. The molecule has 0 radical (unpaired) electrons. The van der Waals surface area contributed by atoms with Gasteiger partial charge in [0.2, 0.25) is 0 Å². The van der Waals surface area contributed by atoms with Gasteiger partial charge in [-0.15, -0.1) is 0 Å². The number of halogens is 1. The lowest BCUT2D eigenvalue weighted by molar-refractivity contribution is 0.390. The molecule has 1 aromatic carbocycles. The van der Waals surface area contributed by atoms with E-state index in [0.717, 1.165) is 23.8 Å². The molecule has 1 atom stereocenters. The molecule has 96 valence electrons. The zero-order chi connectivity index (χ0) is 12.8. The van der Waals surface area contributed by atoms with Gasteiger partial charge >= 0.3 is 0 Å². The fourth-order valence-electron chi connectivity index (χ4n) is 1.71. The van der Waals surface area contributed by atoms with Crippen LogP contribution in [0.15, 0.2) is 18.2 Å². The number of ether oxygens (including phenoxy) is 2. The van der Waals surface area contributed by atoms with Gasteiger partial charge in [-0.3, -0.25) is 0 Å². The third-order valence-electron chi connectivity index (χ3n) is 2.78. The van der Waals surface area contributed by atoms with Crippen LogP contribution in [0.4, 0.5) is 0 Å². The number of benzene rings is 1. The third kappa shape index (κ3) is 4.23. The van der Waals surface area contributed by atoms with Gasteiger partial charge in [0, 0.05) is 16.5 Å². The molecule has 1 rings (SSSR count). The zero-order valence-electron chi connectivity index (χ0n) is 11.0. The molecule has 0 aromatic heterocycles. The van der Waals surface area contributed by atoms with Crippen LogP contribution in [-0.2, 0) is 0 Å². The molecule has 0 fully saturated rings. The minimum atomic E-state index is 0.339. The van der Waals surface area contributed by atoms with Crippen molar-refractivity contribution < 1.29 is 9.47 Å². The van der Waals surface area contributed by atoms with Crippen molar-refractivity contribution in [2.24, 2.45) is 5.92 Å². The molecule has 0 spiro atoms. The number of methoxy groups -OCH3 is 2. The lowest BCUT2D eigenvalue weighted by atomic mass is 10.0. The summed E-state index contributed by atoms with van der Waals surface area (Å²) in [5, 5.41) is 0. The normalized spacial score (nSPS) is 12.6. The Morgan fingerprint density at radius 3 is 2.35 bits per heavy atom. The Kier molecular flexibility index (Phi) is 5.83. The quantitative estimate of drug-likeness (QED) is 0.716. The van der Waals surface area contributed by atoms with Crippen molar-refractivity contribution in [3.05, 3.63) is 23.8 Å². The van der Waals surface area contributed by atoms with Crippen LogP contribution in [0.3, 0.4) is 0 Å². The molecular formula is C14H21BrO2. The molecule has 1 unspecified atom stereocenters. The van der Waals surface area contributed by atoms with E-state index in [4.69, 9.17) is 9.47 Å². The van der Waals surface area contributed by atoms with E-state index in [0.29, 0.717) is 4.83 Å². The van der Waals surface area contributed by atoms with E-state index in [9.17, 15) is 0 Å². The molecule has 2 nitrogen and oxygen atoms in total. The van der Waals surface area contributed by atoms with Gasteiger partial charge in [0.15, 0.2) is 0 Å². The first-order valence-corrected chi connectivity index (χ1v) is 6.86.